The molecule has 2 N–H and O–H groups in total. The third-order valence-electron chi connectivity index (χ3n) is 3.33. The van der Waals surface area contributed by atoms with Gasteiger partial charge in [-0.2, -0.15) is 4.98 Å². The van der Waals surface area contributed by atoms with Gasteiger partial charge in [0.2, 0.25) is 5.88 Å². The average molecular weight is 233 g/mol. The van der Waals surface area contributed by atoms with Gasteiger partial charge in [0.05, 0.1) is 0 Å². The number of rotatable bonds is 4. The summed E-state index contributed by atoms with van der Waals surface area (Å²) in [6.07, 6.45) is 4.09. The summed E-state index contributed by atoms with van der Waals surface area (Å²) >= 11 is 0. The molecule has 1 aliphatic heterocycles. The summed E-state index contributed by atoms with van der Waals surface area (Å²) in [5.74, 6) is 2.68. The van der Waals surface area contributed by atoms with Gasteiger partial charge < -0.3 is 15.4 Å². The predicted octanol–water partition coefficient (Wildman–Crippen LogP) is 1.78. The van der Waals surface area contributed by atoms with E-state index in [2.05, 4.69) is 21.7 Å². The molecule has 0 radical (unpaired) electrons. The third-order valence-corrected chi connectivity index (χ3v) is 3.33. The van der Waals surface area contributed by atoms with Crippen molar-refractivity contribution in [3.63, 3.8) is 0 Å². The van der Waals surface area contributed by atoms with Gasteiger partial charge in [0.25, 0.3) is 0 Å². The van der Waals surface area contributed by atoms with E-state index in [0.29, 0.717) is 6.61 Å². The average Bonchev–Trinajstić information content (AvgIpc) is 3.14. The highest BCUT2D eigenvalue weighted by Gasteiger charge is 2.20. The molecule has 1 aliphatic carbocycles. The van der Waals surface area contributed by atoms with Crippen LogP contribution >= 0.6 is 0 Å². The van der Waals surface area contributed by atoms with E-state index in [1.54, 1.807) is 0 Å². The lowest BCUT2D eigenvalue weighted by atomic mass is 10.2. The van der Waals surface area contributed by atoms with Crippen LogP contribution in [0.1, 0.15) is 24.8 Å². The fourth-order valence-corrected chi connectivity index (χ4v) is 2.08. The SMILES string of the molecule is c1cc2c(nc1NCCC1CC1)OCCNC2. The highest BCUT2D eigenvalue weighted by atomic mass is 16.5. The molecular weight excluding hydrogens is 214 g/mol. The summed E-state index contributed by atoms with van der Waals surface area (Å²) in [5, 5.41) is 6.68. The molecular formula is C13H19N3O. The first kappa shape index (κ1) is 10.8. The largest absolute Gasteiger partial charge is 0.476 e. The van der Waals surface area contributed by atoms with Gasteiger partial charge in [0.1, 0.15) is 12.4 Å². The van der Waals surface area contributed by atoms with Gasteiger partial charge in [-0.05, 0) is 24.5 Å². The van der Waals surface area contributed by atoms with E-state index >= 15 is 0 Å². The molecule has 0 atom stereocenters. The minimum absolute atomic E-state index is 0.700. The molecule has 0 spiro atoms. The zero-order valence-electron chi connectivity index (χ0n) is 10.0. The monoisotopic (exact) mass is 233 g/mol. The topological polar surface area (TPSA) is 46.2 Å². The number of nitrogens with one attached hydrogen (secondary N) is 2. The fourth-order valence-electron chi connectivity index (χ4n) is 2.08. The lowest BCUT2D eigenvalue weighted by Crippen LogP contribution is -2.16. The zero-order valence-corrected chi connectivity index (χ0v) is 10.0. The Morgan fingerprint density at radius 2 is 2.35 bits per heavy atom. The molecule has 2 aliphatic rings. The molecule has 0 saturated heterocycles. The van der Waals surface area contributed by atoms with Crippen LogP contribution in [0.3, 0.4) is 0 Å². The van der Waals surface area contributed by atoms with Gasteiger partial charge in [-0.1, -0.05) is 12.8 Å². The molecule has 92 valence electrons. The van der Waals surface area contributed by atoms with Crippen LogP contribution in [0.25, 0.3) is 0 Å². The van der Waals surface area contributed by atoms with Crippen molar-refractivity contribution in [2.24, 2.45) is 5.92 Å². The third kappa shape index (κ3) is 2.88. The molecule has 0 bridgehead atoms. The normalized spacial score (nSPS) is 19.1. The Hall–Kier alpha value is -1.29. The molecule has 1 aromatic heterocycles. The van der Waals surface area contributed by atoms with Crippen LogP contribution in [0.4, 0.5) is 5.82 Å². The molecule has 4 heteroatoms. The van der Waals surface area contributed by atoms with Crippen LogP contribution in [-0.4, -0.2) is 24.7 Å². The second-order valence-corrected chi connectivity index (χ2v) is 4.84. The molecule has 1 aromatic rings. The molecule has 1 saturated carbocycles. The van der Waals surface area contributed by atoms with Crippen molar-refractivity contribution in [3.8, 4) is 5.88 Å². The Morgan fingerprint density at radius 1 is 1.41 bits per heavy atom. The van der Waals surface area contributed by atoms with Crippen molar-refractivity contribution in [2.45, 2.75) is 25.8 Å². The smallest absolute Gasteiger partial charge is 0.219 e. The minimum atomic E-state index is 0.700. The molecule has 0 amide bonds. The van der Waals surface area contributed by atoms with Gasteiger partial charge in [0.15, 0.2) is 0 Å². The summed E-state index contributed by atoms with van der Waals surface area (Å²) in [7, 11) is 0. The second-order valence-electron chi connectivity index (χ2n) is 4.84. The summed E-state index contributed by atoms with van der Waals surface area (Å²) in [5.41, 5.74) is 1.15. The Morgan fingerprint density at radius 3 is 3.24 bits per heavy atom. The van der Waals surface area contributed by atoms with E-state index in [1.807, 2.05) is 6.07 Å². The molecule has 2 heterocycles. The number of hydrogen-bond donors (Lipinski definition) is 2. The number of aromatic nitrogens is 1. The Kier molecular flexibility index (Phi) is 3.14. The van der Waals surface area contributed by atoms with Gasteiger partial charge in [-0.3, -0.25) is 0 Å². The van der Waals surface area contributed by atoms with Crippen molar-refractivity contribution in [3.05, 3.63) is 17.7 Å². The molecule has 0 unspecified atom stereocenters. The van der Waals surface area contributed by atoms with E-state index in [0.717, 1.165) is 42.8 Å². The minimum Gasteiger partial charge on any atom is -0.476 e. The zero-order chi connectivity index (χ0) is 11.5. The number of hydrogen-bond acceptors (Lipinski definition) is 4. The van der Waals surface area contributed by atoms with E-state index in [9.17, 15) is 0 Å². The second kappa shape index (κ2) is 4.92. The quantitative estimate of drug-likeness (QED) is 0.832. The lowest BCUT2D eigenvalue weighted by Gasteiger charge is -2.09. The molecule has 17 heavy (non-hydrogen) atoms. The summed E-state index contributed by atoms with van der Waals surface area (Å²) < 4.78 is 5.62. The first-order valence-corrected chi connectivity index (χ1v) is 6.49. The van der Waals surface area contributed by atoms with Crippen molar-refractivity contribution in [2.75, 3.05) is 25.0 Å². The summed E-state index contributed by atoms with van der Waals surface area (Å²) in [4.78, 5) is 4.52. The van der Waals surface area contributed by atoms with Gasteiger partial charge in [-0.25, -0.2) is 0 Å². The Labute approximate surface area is 102 Å². The standard InChI is InChI=1S/C13H19N3O/c1-2-10(1)5-6-15-12-4-3-11-9-14-7-8-17-13(11)16-12/h3-4,10,14H,1-2,5-9H2,(H,15,16). The molecule has 3 rings (SSSR count). The van der Waals surface area contributed by atoms with Crippen LogP contribution in [0.2, 0.25) is 0 Å². The van der Waals surface area contributed by atoms with E-state index in [4.69, 9.17) is 4.74 Å². The van der Waals surface area contributed by atoms with E-state index in [-0.39, 0.29) is 0 Å². The van der Waals surface area contributed by atoms with Crippen LogP contribution in [0, 0.1) is 5.92 Å². The maximum absolute atomic E-state index is 5.62. The number of pyridine rings is 1. The van der Waals surface area contributed by atoms with Crippen LogP contribution in [-0.2, 0) is 6.54 Å². The predicted molar refractivity (Wildman–Crippen MR) is 67.3 cm³/mol. The maximum atomic E-state index is 5.62. The highest BCUT2D eigenvalue weighted by Crippen LogP contribution is 2.32. The van der Waals surface area contributed by atoms with Crippen molar-refractivity contribution in [1.29, 1.82) is 0 Å². The van der Waals surface area contributed by atoms with Gasteiger partial charge in [0, 0.05) is 25.2 Å². The van der Waals surface area contributed by atoms with Crippen molar-refractivity contribution < 1.29 is 4.74 Å². The van der Waals surface area contributed by atoms with E-state index < -0.39 is 0 Å². The van der Waals surface area contributed by atoms with Gasteiger partial charge in [-0.15, -0.1) is 0 Å². The summed E-state index contributed by atoms with van der Waals surface area (Å²) in [6, 6.07) is 4.14. The summed E-state index contributed by atoms with van der Waals surface area (Å²) in [6.45, 7) is 3.46. The van der Waals surface area contributed by atoms with Gasteiger partial charge >= 0.3 is 0 Å². The van der Waals surface area contributed by atoms with E-state index in [1.165, 1.54) is 19.3 Å². The van der Waals surface area contributed by atoms with Crippen LogP contribution in [0.15, 0.2) is 12.1 Å². The molecule has 0 aromatic carbocycles. The molecule has 4 nitrogen and oxygen atoms in total. The first-order valence-electron chi connectivity index (χ1n) is 6.49. The van der Waals surface area contributed by atoms with Crippen molar-refractivity contribution >= 4 is 5.82 Å². The number of fused-ring (bicyclic) bond motifs is 1. The van der Waals surface area contributed by atoms with Crippen LogP contribution < -0.4 is 15.4 Å². The number of ether oxygens (including phenoxy) is 1. The molecule has 1 fully saturated rings. The first-order chi connectivity index (χ1) is 8.42. The number of anilines is 1. The fraction of sp³-hybridized carbons (Fsp3) is 0.615. The maximum Gasteiger partial charge on any atom is 0.219 e. The van der Waals surface area contributed by atoms with Crippen molar-refractivity contribution in [1.82, 2.24) is 10.3 Å². The Balaban J connectivity index is 1.62. The Bertz CT molecular complexity index is 390. The highest BCUT2D eigenvalue weighted by molar-refractivity contribution is 5.41. The lowest BCUT2D eigenvalue weighted by molar-refractivity contribution is 0.314. The number of nitrogens with zero attached hydrogens (tertiary/aromatic N) is 1. The van der Waals surface area contributed by atoms with Crippen LogP contribution in [0.5, 0.6) is 5.88 Å².